The summed E-state index contributed by atoms with van der Waals surface area (Å²) in [6.07, 6.45) is 5.09. The highest BCUT2D eigenvalue weighted by Gasteiger charge is 2.25. The van der Waals surface area contributed by atoms with E-state index in [0.717, 1.165) is 29.2 Å². The number of nitrogens with zero attached hydrogens (tertiary/aromatic N) is 1. The van der Waals surface area contributed by atoms with Gasteiger partial charge in [-0.3, -0.25) is 0 Å². The van der Waals surface area contributed by atoms with Crippen LogP contribution >= 0.6 is 11.6 Å². The first kappa shape index (κ1) is 14.5. The molecular weight excluding hydrogens is 260 g/mol. The number of halogens is 1. The highest BCUT2D eigenvalue weighted by molar-refractivity contribution is 6.34. The molecule has 0 aromatic heterocycles. The van der Waals surface area contributed by atoms with Crippen molar-refractivity contribution >= 4 is 23.0 Å². The Labute approximate surface area is 120 Å². The van der Waals surface area contributed by atoms with Crippen molar-refractivity contribution in [2.45, 2.75) is 37.8 Å². The van der Waals surface area contributed by atoms with Gasteiger partial charge in [0, 0.05) is 21.2 Å². The Balaban J connectivity index is 2.20. The third-order valence-corrected chi connectivity index (χ3v) is 4.09. The Bertz CT molecular complexity index is 423. The van der Waals surface area contributed by atoms with Crippen molar-refractivity contribution in [2.24, 2.45) is 0 Å². The van der Waals surface area contributed by atoms with Gasteiger partial charge in [-0.05, 0) is 25.0 Å². The number of ether oxygens (including phenoxy) is 1. The molecule has 0 amide bonds. The molecule has 1 aliphatic rings. The van der Waals surface area contributed by atoms with Gasteiger partial charge in [0.1, 0.15) is 0 Å². The number of anilines is 2. The standard InChI is InChI=1S/C15H23ClN2O/c1-18(2)15-11(16)7-6-9-13(15)17-12-8-4-5-10-14(12)19-3/h6-7,9,12,14,17H,4-5,8,10H2,1-3H3. The van der Waals surface area contributed by atoms with Crippen LogP contribution < -0.4 is 10.2 Å². The molecule has 1 saturated carbocycles. The Morgan fingerprint density at radius 3 is 2.68 bits per heavy atom. The maximum absolute atomic E-state index is 6.30. The average Bonchev–Trinajstić information content (AvgIpc) is 2.39. The SMILES string of the molecule is COC1CCCCC1Nc1cccc(Cl)c1N(C)C. The van der Waals surface area contributed by atoms with Crippen molar-refractivity contribution in [3.05, 3.63) is 23.2 Å². The van der Waals surface area contributed by atoms with E-state index in [4.69, 9.17) is 16.3 Å². The zero-order valence-electron chi connectivity index (χ0n) is 11.9. The van der Waals surface area contributed by atoms with Crippen molar-refractivity contribution < 1.29 is 4.74 Å². The second-order valence-electron chi connectivity index (χ2n) is 5.34. The monoisotopic (exact) mass is 282 g/mol. The number of benzene rings is 1. The summed E-state index contributed by atoms with van der Waals surface area (Å²) < 4.78 is 5.60. The number of para-hydroxylation sites is 1. The number of hydrogen-bond acceptors (Lipinski definition) is 3. The van der Waals surface area contributed by atoms with Gasteiger partial charge >= 0.3 is 0 Å². The Morgan fingerprint density at radius 1 is 1.26 bits per heavy atom. The molecule has 0 bridgehead atoms. The van der Waals surface area contributed by atoms with Gasteiger partial charge < -0.3 is 15.0 Å². The fourth-order valence-corrected chi connectivity index (χ4v) is 3.17. The average molecular weight is 283 g/mol. The number of methoxy groups -OCH3 is 1. The number of hydrogen-bond donors (Lipinski definition) is 1. The molecule has 0 saturated heterocycles. The van der Waals surface area contributed by atoms with Gasteiger partial charge in [0.15, 0.2) is 0 Å². The highest BCUT2D eigenvalue weighted by Crippen LogP contribution is 2.34. The topological polar surface area (TPSA) is 24.5 Å². The molecule has 1 aromatic carbocycles. The number of nitrogens with one attached hydrogen (secondary N) is 1. The summed E-state index contributed by atoms with van der Waals surface area (Å²) in [7, 11) is 5.83. The van der Waals surface area contributed by atoms with E-state index in [0.29, 0.717) is 12.1 Å². The van der Waals surface area contributed by atoms with Gasteiger partial charge in [-0.15, -0.1) is 0 Å². The molecule has 0 radical (unpaired) electrons. The van der Waals surface area contributed by atoms with Gasteiger partial charge in [-0.1, -0.05) is 30.5 Å². The van der Waals surface area contributed by atoms with E-state index in [1.807, 2.05) is 26.2 Å². The fraction of sp³-hybridized carbons (Fsp3) is 0.600. The van der Waals surface area contributed by atoms with Crippen LogP contribution in [-0.4, -0.2) is 33.4 Å². The van der Waals surface area contributed by atoms with Crippen LogP contribution in [0.1, 0.15) is 25.7 Å². The molecule has 2 atom stereocenters. The first-order valence-corrected chi connectivity index (χ1v) is 7.26. The van der Waals surface area contributed by atoms with Crippen molar-refractivity contribution in [1.29, 1.82) is 0 Å². The lowest BCUT2D eigenvalue weighted by Gasteiger charge is -2.33. The van der Waals surface area contributed by atoms with E-state index in [1.54, 1.807) is 7.11 Å². The summed E-state index contributed by atoms with van der Waals surface area (Å²) in [6, 6.07) is 6.37. The van der Waals surface area contributed by atoms with E-state index >= 15 is 0 Å². The van der Waals surface area contributed by atoms with Gasteiger partial charge in [0.05, 0.1) is 28.5 Å². The minimum atomic E-state index is 0.294. The third kappa shape index (κ3) is 3.34. The molecule has 1 aliphatic carbocycles. The van der Waals surface area contributed by atoms with Crippen LogP contribution in [0.5, 0.6) is 0 Å². The fourth-order valence-electron chi connectivity index (χ4n) is 2.83. The molecule has 0 heterocycles. The molecule has 2 unspecified atom stereocenters. The van der Waals surface area contributed by atoms with Gasteiger partial charge in [0.25, 0.3) is 0 Å². The van der Waals surface area contributed by atoms with Crippen LogP contribution in [0.3, 0.4) is 0 Å². The maximum atomic E-state index is 6.30. The molecule has 1 aromatic rings. The second kappa shape index (κ2) is 6.49. The Hall–Kier alpha value is -0.930. The normalized spacial score (nSPS) is 23.2. The van der Waals surface area contributed by atoms with Gasteiger partial charge in [0.2, 0.25) is 0 Å². The van der Waals surface area contributed by atoms with Gasteiger partial charge in [-0.2, -0.15) is 0 Å². The minimum Gasteiger partial charge on any atom is -0.379 e. The molecule has 19 heavy (non-hydrogen) atoms. The van der Waals surface area contributed by atoms with Crippen LogP contribution in [0.2, 0.25) is 5.02 Å². The molecule has 0 spiro atoms. The molecule has 106 valence electrons. The summed E-state index contributed by atoms with van der Waals surface area (Å²) in [5.41, 5.74) is 2.14. The summed E-state index contributed by atoms with van der Waals surface area (Å²) in [5.74, 6) is 0. The summed E-state index contributed by atoms with van der Waals surface area (Å²) in [4.78, 5) is 2.05. The molecule has 0 aliphatic heterocycles. The Morgan fingerprint density at radius 2 is 2.00 bits per heavy atom. The first-order chi connectivity index (χ1) is 9.13. The zero-order chi connectivity index (χ0) is 13.8. The summed E-state index contributed by atoms with van der Waals surface area (Å²) in [5, 5.41) is 4.40. The smallest absolute Gasteiger partial charge is 0.0786 e. The summed E-state index contributed by atoms with van der Waals surface area (Å²) in [6.45, 7) is 0. The highest BCUT2D eigenvalue weighted by atomic mass is 35.5. The van der Waals surface area contributed by atoms with E-state index in [2.05, 4.69) is 16.3 Å². The van der Waals surface area contributed by atoms with E-state index in [-0.39, 0.29) is 0 Å². The Kier molecular flexibility index (Phi) is 4.94. The van der Waals surface area contributed by atoms with Crippen LogP contribution in [0.25, 0.3) is 0 Å². The number of rotatable bonds is 4. The molecular formula is C15H23ClN2O. The van der Waals surface area contributed by atoms with Crippen LogP contribution in [-0.2, 0) is 4.74 Å². The summed E-state index contributed by atoms with van der Waals surface area (Å²) >= 11 is 6.30. The van der Waals surface area contributed by atoms with Crippen molar-refractivity contribution in [2.75, 3.05) is 31.4 Å². The lowest BCUT2D eigenvalue weighted by Crippen LogP contribution is -2.38. The first-order valence-electron chi connectivity index (χ1n) is 6.88. The van der Waals surface area contributed by atoms with E-state index < -0.39 is 0 Å². The second-order valence-corrected chi connectivity index (χ2v) is 5.75. The quantitative estimate of drug-likeness (QED) is 0.910. The predicted octanol–water partition coefficient (Wildman–Crippen LogP) is 3.78. The third-order valence-electron chi connectivity index (χ3n) is 3.78. The maximum Gasteiger partial charge on any atom is 0.0786 e. The van der Waals surface area contributed by atoms with Crippen LogP contribution in [0.4, 0.5) is 11.4 Å². The van der Waals surface area contributed by atoms with Crippen molar-refractivity contribution in [3.63, 3.8) is 0 Å². The van der Waals surface area contributed by atoms with Crippen molar-refractivity contribution in [3.8, 4) is 0 Å². The van der Waals surface area contributed by atoms with Crippen LogP contribution in [0.15, 0.2) is 18.2 Å². The molecule has 3 nitrogen and oxygen atoms in total. The lowest BCUT2D eigenvalue weighted by atomic mass is 9.92. The molecule has 2 rings (SSSR count). The predicted molar refractivity (Wildman–Crippen MR) is 82.5 cm³/mol. The lowest BCUT2D eigenvalue weighted by molar-refractivity contribution is 0.0606. The zero-order valence-corrected chi connectivity index (χ0v) is 12.7. The van der Waals surface area contributed by atoms with Crippen LogP contribution in [0, 0.1) is 0 Å². The van der Waals surface area contributed by atoms with E-state index in [9.17, 15) is 0 Å². The molecule has 1 fully saturated rings. The molecule has 1 N–H and O–H groups in total. The van der Waals surface area contributed by atoms with Crippen molar-refractivity contribution in [1.82, 2.24) is 0 Å². The minimum absolute atomic E-state index is 0.294. The van der Waals surface area contributed by atoms with E-state index in [1.165, 1.54) is 12.8 Å². The molecule has 4 heteroatoms. The largest absolute Gasteiger partial charge is 0.379 e. The van der Waals surface area contributed by atoms with Gasteiger partial charge in [-0.25, -0.2) is 0 Å².